The van der Waals surface area contributed by atoms with Gasteiger partial charge in [0.2, 0.25) is 0 Å². The third-order valence-electron chi connectivity index (χ3n) is 1.47. The van der Waals surface area contributed by atoms with Crippen LogP contribution >= 0.6 is 22.3 Å². The molecule has 1 rings (SSSR count). The molecular formula is C7H4Cl2F2O2S. The van der Waals surface area contributed by atoms with Crippen LogP contribution in [0.4, 0.5) is 8.78 Å². The van der Waals surface area contributed by atoms with Crippen molar-refractivity contribution in [1.82, 2.24) is 0 Å². The summed E-state index contributed by atoms with van der Waals surface area (Å²) in [6, 6.07) is 2.87. The van der Waals surface area contributed by atoms with Crippen LogP contribution < -0.4 is 0 Å². The molecule has 7 heteroatoms. The Bertz CT molecular complexity index is 445. The SMILES string of the molecule is O=S(=O)(Cl)c1cc(C(F)F)ccc1Cl. The van der Waals surface area contributed by atoms with Gasteiger partial charge in [0, 0.05) is 16.2 Å². The van der Waals surface area contributed by atoms with Crippen LogP contribution in [0.5, 0.6) is 0 Å². The van der Waals surface area contributed by atoms with Crippen molar-refractivity contribution in [3.8, 4) is 0 Å². The van der Waals surface area contributed by atoms with Gasteiger partial charge >= 0.3 is 0 Å². The molecule has 0 atom stereocenters. The molecule has 0 bridgehead atoms. The fourth-order valence-electron chi connectivity index (χ4n) is 0.843. The molecule has 1 aromatic rings. The molecule has 0 fully saturated rings. The lowest BCUT2D eigenvalue weighted by Gasteiger charge is -2.03. The van der Waals surface area contributed by atoms with Crippen molar-refractivity contribution in [3.63, 3.8) is 0 Å². The fraction of sp³-hybridized carbons (Fsp3) is 0.143. The predicted octanol–water partition coefficient (Wildman–Crippen LogP) is 3.21. The van der Waals surface area contributed by atoms with Crippen molar-refractivity contribution in [3.05, 3.63) is 28.8 Å². The molecule has 0 saturated heterocycles. The van der Waals surface area contributed by atoms with Crippen molar-refractivity contribution in [1.29, 1.82) is 0 Å². The summed E-state index contributed by atoms with van der Waals surface area (Å²) < 4.78 is 46.1. The van der Waals surface area contributed by atoms with Crippen LogP contribution in [-0.4, -0.2) is 8.42 Å². The Morgan fingerprint density at radius 1 is 1.29 bits per heavy atom. The summed E-state index contributed by atoms with van der Waals surface area (Å²) in [5.74, 6) is 0. The summed E-state index contributed by atoms with van der Waals surface area (Å²) in [5.41, 5.74) is -0.436. The zero-order valence-corrected chi connectivity index (χ0v) is 8.87. The van der Waals surface area contributed by atoms with Crippen molar-refractivity contribution in [2.75, 3.05) is 0 Å². The quantitative estimate of drug-likeness (QED) is 0.766. The molecule has 0 heterocycles. The van der Waals surface area contributed by atoms with Crippen LogP contribution in [0.2, 0.25) is 5.02 Å². The van der Waals surface area contributed by atoms with Crippen LogP contribution in [0.25, 0.3) is 0 Å². The topological polar surface area (TPSA) is 34.1 Å². The van der Waals surface area contributed by atoms with Gasteiger partial charge in [0.05, 0.1) is 5.02 Å². The second-order valence-electron chi connectivity index (χ2n) is 2.43. The van der Waals surface area contributed by atoms with E-state index in [4.69, 9.17) is 22.3 Å². The Morgan fingerprint density at radius 2 is 1.86 bits per heavy atom. The lowest BCUT2D eigenvalue weighted by molar-refractivity contribution is 0.151. The van der Waals surface area contributed by atoms with E-state index in [0.717, 1.165) is 18.2 Å². The third kappa shape index (κ3) is 2.56. The van der Waals surface area contributed by atoms with Crippen LogP contribution in [0.1, 0.15) is 12.0 Å². The van der Waals surface area contributed by atoms with Crippen LogP contribution in [0, 0.1) is 0 Å². The maximum Gasteiger partial charge on any atom is 0.263 e. The predicted molar refractivity (Wildman–Crippen MR) is 49.4 cm³/mol. The van der Waals surface area contributed by atoms with E-state index in [0.29, 0.717) is 0 Å². The summed E-state index contributed by atoms with van der Waals surface area (Å²) in [7, 11) is 0.901. The van der Waals surface area contributed by atoms with Gasteiger partial charge < -0.3 is 0 Å². The molecule has 0 N–H and O–H groups in total. The molecular weight excluding hydrogens is 257 g/mol. The van der Waals surface area contributed by atoms with Gasteiger partial charge in [-0.1, -0.05) is 17.7 Å². The van der Waals surface area contributed by atoms with Gasteiger partial charge in [-0.3, -0.25) is 0 Å². The van der Waals surface area contributed by atoms with Crippen LogP contribution in [0.3, 0.4) is 0 Å². The number of hydrogen-bond acceptors (Lipinski definition) is 2. The van der Waals surface area contributed by atoms with Gasteiger partial charge in [-0.05, 0) is 12.1 Å². The lowest BCUT2D eigenvalue weighted by Crippen LogP contribution is -1.94. The first-order valence-electron chi connectivity index (χ1n) is 3.34. The molecule has 0 aliphatic heterocycles. The van der Waals surface area contributed by atoms with Gasteiger partial charge in [-0.2, -0.15) is 0 Å². The second kappa shape index (κ2) is 4.00. The number of alkyl halides is 2. The molecule has 2 nitrogen and oxygen atoms in total. The average Bonchev–Trinajstić information content (AvgIpc) is 2.02. The van der Waals surface area contributed by atoms with Gasteiger partial charge in [-0.15, -0.1) is 0 Å². The Balaban J connectivity index is 3.37. The van der Waals surface area contributed by atoms with E-state index in [-0.39, 0.29) is 5.02 Å². The largest absolute Gasteiger partial charge is 0.263 e. The summed E-state index contributed by atoms with van der Waals surface area (Å²) in [6.07, 6.45) is -2.76. The monoisotopic (exact) mass is 260 g/mol. The van der Waals surface area contributed by atoms with Crippen molar-refractivity contribution >= 4 is 31.3 Å². The highest BCUT2D eigenvalue weighted by molar-refractivity contribution is 8.13. The van der Waals surface area contributed by atoms with E-state index in [2.05, 4.69) is 0 Å². The maximum atomic E-state index is 12.2. The van der Waals surface area contributed by atoms with Crippen LogP contribution in [0.15, 0.2) is 23.1 Å². The van der Waals surface area contributed by atoms with Crippen molar-refractivity contribution in [2.24, 2.45) is 0 Å². The van der Waals surface area contributed by atoms with E-state index in [1.165, 1.54) is 0 Å². The molecule has 0 saturated carbocycles. The van der Waals surface area contributed by atoms with Gasteiger partial charge in [0.15, 0.2) is 0 Å². The van der Waals surface area contributed by atoms with E-state index in [1.54, 1.807) is 0 Å². The molecule has 78 valence electrons. The fourth-order valence-corrected chi connectivity index (χ4v) is 2.34. The van der Waals surface area contributed by atoms with Gasteiger partial charge in [0.25, 0.3) is 15.5 Å². The second-order valence-corrected chi connectivity index (χ2v) is 5.37. The first-order valence-corrected chi connectivity index (χ1v) is 6.03. The molecule has 14 heavy (non-hydrogen) atoms. The number of rotatable bonds is 2. The minimum absolute atomic E-state index is 0.176. The summed E-state index contributed by atoms with van der Waals surface area (Å²) >= 11 is 5.48. The maximum absolute atomic E-state index is 12.2. The van der Waals surface area contributed by atoms with E-state index in [1.807, 2.05) is 0 Å². The van der Waals surface area contributed by atoms with Gasteiger partial charge in [0.1, 0.15) is 4.90 Å². The molecule has 0 aliphatic carbocycles. The summed E-state index contributed by atoms with van der Waals surface area (Å²) in [4.78, 5) is -0.501. The molecule has 0 spiro atoms. The zero-order chi connectivity index (χ0) is 10.9. The van der Waals surface area contributed by atoms with Crippen LogP contribution in [-0.2, 0) is 9.05 Å². The Kier molecular flexibility index (Phi) is 3.34. The van der Waals surface area contributed by atoms with Gasteiger partial charge in [-0.25, -0.2) is 17.2 Å². The molecule has 0 radical (unpaired) electrons. The molecule has 0 unspecified atom stereocenters. The Labute approximate surface area is 88.9 Å². The average molecular weight is 261 g/mol. The summed E-state index contributed by atoms with van der Waals surface area (Å²) in [5, 5.41) is -0.176. The molecule has 1 aromatic carbocycles. The van der Waals surface area contributed by atoms with E-state index < -0.39 is 25.9 Å². The minimum atomic E-state index is -4.08. The Hall–Kier alpha value is -0.390. The molecule has 0 aromatic heterocycles. The van der Waals surface area contributed by atoms with Crippen molar-refractivity contribution < 1.29 is 17.2 Å². The number of halogens is 4. The highest BCUT2D eigenvalue weighted by Gasteiger charge is 2.18. The lowest BCUT2D eigenvalue weighted by atomic mass is 10.2. The highest BCUT2D eigenvalue weighted by atomic mass is 35.7. The normalized spacial score (nSPS) is 12.1. The van der Waals surface area contributed by atoms with Crippen molar-refractivity contribution in [2.45, 2.75) is 11.3 Å². The zero-order valence-electron chi connectivity index (χ0n) is 6.55. The summed E-state index contributed by atoms with van der Waals surface area (Å²) in [6.45, 7) is 0. The minimum Gasteiger partial charge on any atom is -0.207 e. The smallest absolute Gasteiger partial charge is 0.207 e. The highest BCUT2D eigenvalue weighted by Crippen LogP contribution is 2.29. The molecule has 0 amide bonds. The van der Waals surface area contributed by atoms with E-state index >= 15 is 0 Å². The first kappa shape index (κ1) is 11.7. The number of hydrogen-bond donors (Lipinski definition) is 0. The first-order chi connectivity index (χ1) is 6.32. The standard InChI is InChI=1S/C7H4Cl2F2O2S/c8-5-2-1-4(7(10)11)3-6(5)14(9,12)13/h1-3,7H. The number of benzene rings is 1. The molecule has 0 aliphatic rings. The Morgan fingerprint density at radius 3 is 2.29 bits per heavy atom. The van der Waals surface area contributed by atoms with E-state index in [9.17, 15) is 17.2 Å². The third-order valence-corrected chi connectivity index (χ3v) is 3.27.